The van der Waals surface area contributed by atoms with Gasteiger partial charge < -0.3 is 9.88 Å². The van der Waals surface area contributed by atoms with E-state index in [1.54, 1.807) is 0 Å². The minimum atomic E-state index is -2.04. The third kappa shape index (κ3) is 3.27. The molecule has 0 aromatic heterocycles. The number of dihydropyridines is 1. The lowest BCUT2D eigenvalue weighted by molar-refractivity contribution is 0.504. The molecule has 34 heavy (non-hydrogen) atoms. The number of anilines is 4. The van der Waals surface area contributed by atoms with Gasteiger partial charge in [0.15, 0.2) is 8.24 Å². The number of hydrogen-bond acceptors (Lipinski definition) is 3. The summed E-state index contributed by atoms with van der Waals surface area (Å²) >= 11 is 0. The second-order valence-electron chi connectivity index (χ2n) is 10.5. The highest BCUT2D eigenvalue weighted by molar-refractivity contribution is 6.84. The molecule has 1 unspecified atom stereocenters. The number of aliphatic imine (C=N–C) groups is 1. The number of benzene rings is 3. The number of para-hydroxylation sites is 4. The van der Waals surface area contributed by atoms with Crippen molar-refractivity contribution >= 4 is 42.8 Å². The van der Waals surface area contributed by atoms with E-state index >= 15 is 0 Å². The highest BCUT2D eigenvalue weighted by Crippen LogP contribution is 2.58. The Morgan fingerprint density at radius 3 is 2.15 bits per heavy atom. The van der Waals surface area contributed by atoms with Crippen molar-refractivity contribution in [3.05, 3.63) is 90.5 Å². The van der Waals surface area contributed by atoms with Crippen LogP contribution in [0.3, 0.4) is 0 Å². The largest absolute Gasteiger partial charge is 0.365 e. The van der Waals surface area contributed by atoms with Gasteiger partial charge in [0.25, 0.3) is 0 Å². The zero-order valence-electron chi connectivity index (χ0n) is 20.3. The Morgan fingerprint density at radius 2 is 1.50 bits per heavy atom. The van der Waals surface area contributed by atoms with Crippen LogP contribution in [0, 0.1) is 11.8 Å². The number of allylic oxidation sites excluding steroid dienone is 1. The molecule has 0 amide bonds. The predicted octanol–water partition coefficient (Wildman–Crippen LogP) is 8.04. The number of nitrogens with zero attached hydrogens (tertiary/aromatic N) is 2. The molecule has 4 atom stereocenters. The van der Waals surface area contributed by atoms with Crippen LogP contribution in [-0.4, -0.2) is 20.5 Å². The fourth-order valence-electron chi connectivity index (χ4n) is 6.94. The smallest absolute Gasteiger partial charge is 0.162 e. The van der Waals surface area contributed by atoms with Crippen LogP contribution in [0.1, 0.15) is 25.3 Å². The predicted molar refractivity (Wildman–Crippen MR) is 148 cm³/mol. The molecule has 6 rings (SSSR count). The summed E-state index contributed by atoms with van der Waals surface area (Å²) in [5.41, 5.74) is 8.46. The van der Waals surface area contributed by atoms with E-state index in [-0.39, 0.29) is 0 Å². The Hall–Kier alpha value is -3.11. The van der Waals surface area contributed by atoms with Gasteiger partial charge in [0.2, 0.25) is 0 Å². The highest BCUT2D eigenvalue weighted by Gasteiger charge is 2.55. The zero-order valence-corrected chi connectivity index (χ0v) is 21.3. The monoisotopic (exact) mass is 463 g/mol. The lowest BCUT2D eigenvalue weighted by Gasteiger charge is -2.49. The molecule has 0 saturated heterocycles. The molecule has 3 nitrogen and oxygen atoms in total. The van der Waals surface area contributed by atoms with Gasteiger partial charge in [0.1, 0.15) is 0 Å². The van der Waals surface area contributed by atoms with Crippen molar-refractivity contribution in [2.45, 2.75) is 44.4 Å². The lowest BCUT2D eigenvalue weighted by Crippen LogP contribution is -2.54. The molecule has 3 aromatic carbocycles. The molecule has 3 aromatic rings. The van der Waals surface area contributed by atoms with Crippen LogP contribution in [0.4, 0.5) is 22.7 Å². The summed E-state index contributed by atoms with van der Waals surface area (Å²) in [6, 6.07) is 28.9. The van der Waals surface area contributed by atoms with Crippen molar-refractivity contribution in [2.24, 2.45) is 16.8 Å². The number of nitrogens with one attached hydrogen (secondary N) is 1. The maximum absolute atomic E-state index is 5.21. The summed E-state index contributed by atoms with van der Waals surface area (Å²) in [6.07, 6.45) is 6.81. The van der Waals surface area contributed by atoms with Crippen molar-refractivity contribution in [3.63, 3.8) is 0 Å². The number of rotatable bonds is 4. The maximum Gasteiger partial charge on any atom is 0.162 e. The number of fused-ring (bicyclic) bond motifs is 3. The van der Waals surface area contributed by atoms with Crippen LogP contribution in [0.25, 0.3) is 5.57 Å². The maximum atomic E-state index is 5.21. The zero-order chi connectivity index (χ0) is 23.3. The van der Waals surface area contributed by atoms with Gasteiger partial charge in [-0.15, -0.1) is 0 Å². The van der Waals surface area contributed by atoms with Crippen LogP contribution in [0.5, 0.6) is 0 Å². The van der Waals surface area contributed by atoms with Crippen molar-refractivity contribution in [3.8, 4) is 0 Å². The van der Waals surface area contributed by atoms with Crippen LogP contribution in [0.15, 0.2) is 89.9 Å². The molecule has 2 heterocycles. The van der Waals surface area contributed by atoms with Gasteiger partial charge in [-0.05, 0) is 59.4 Å². The first-order valence-electron chi connectivity index (χ1n) is 12.6. The van der Waals surface area contributed by atoms with Gasteiger partial charge >= 0.3 is 0 Å². The van der Waals surface area contributed by atoms with Crippen LogP contribution in [-0.2, 0) is 0 Å². The summed E-state index contributed by atoms with van der Waals surface area (Å²) in [4.78, 5) is 5.21. The van der Waals surface area contributed by atoms with E-state index in [4.69, 9.17) is 4.99 Å². The van der Waals surface area contributed by atoms with Crippen molar-refractivity contribution in [1.29, 1.82) is 0 Å². The van der Waals surface area contributed by atoms with E-state index in [0.717, 1.165) is 0 Å². The molecule has 0 spiro atoms. The molecule has 0 radical (unpaired) electrons. The molecule has 4 heteroatoms. The second kappa shape index (κ2) is 8.28. The first-order valence-corrected chi connectivity index (χ1v) is 15.7. The molecule has 1 fully saturated rings. The Balaban J connectivity index is 1.45. The van der Waals surface area contributed by atoms with E-state index in [1.165, 1.54) is 46.7 Å². The van der Waals surface area contributed by atoms with Gasteiger partial charge in [0, 0.05) is 12.1 Å². The van der Waals surface area contributed by atoms with Gasteiger partial charge in [-0.25, -0.2) is 0 Å². The normalized spacial score (nSPS) is 25.1. The fourth-order valence-corrected chi connectivity index (χ4v) is 11.6. The van der Waals surface area contributed by atoms with Crippen LogP contribution < -0.4 is 9.88 Å². The second-order valence-corrected chi connectivity index (χ2v) is 14.9. The minimum Gasteiger partial charge on any atom is -0.365 e. The molecule has 1 saturated carbocycles. The van der Waals surface area contributed by atoms with Crippen LogP contribution in [0.2, 0.25) is 18.6 Å². The number of hydrogen-bond donors (Lipinski definition) is 1. The Morgan fingerprint density at radius 1 is 0.882 bits per heavy atom. The summed E-state index contributed by atoms with van der Waals surface area (Å²) in [5, 5.41) is 3.69. The van der Waals surface area contributed by atoms with Gasteiger partial charge in [0.05, 0.1) is 28.8 Å². The summed E-state index contributed by atoms with van der Waals surface area (Å²) in [7, 11) is -2.04. The molecule has 2 aliphatic heterocycles. The van der Waals surface area contributed by atoms with Crippen molar-refractivity contribution in [1.82, 2.24) is 0 Å². The molecule has 1 N–H and O–H groups in total. The standard InChI is InChI=1S/C30H33N3Si/c1-4-21-20-24-23(22-12-6-5-7-13-22)18-19-31-29(24)30(21)34(2,3)33-27-16-10-8-14-25(27)32-26-15-9-11-17-28(26)33/h5-19,21,24,29-30,32H,4,20H2,1-3H3/t21-,24-,29+,30?/m1/s1. The van der Waals surface area contributed by atoms with E-state index in [9.17, 15) is 0 Å². The first kappa shape index (κ1) is 21.4. The molecule has 1 aliphatic carbocycles. The van der Waals surface area contributed by atoms with E-state index < -0.39 is 8.24 Å². The molecular weight excluding hydrogens is 430 g/mol. The summed E-state index contributed by atoms with van der Waals surface area (Å²) in [5.74, 6) is 1.18. The Bertz CT molecular complexity index is 1220. The van der Waals surface area contributed by atoms with Crippen LogP contribution >= 0.6 is 0 Å². The van der Waals surface area contributed by atoms with E-state index in [2.05, 4.69) is 121 Å². The quantitative estimate of drug-likeness (QED) is 0.396. The Labute approximate surface area is 204 Å². The molecule has 3 aliphatic rings. The third-order valence-electron chi connectivity index (χ3n) is 8.34. The highest BCUT2D eigenvalue weighted by atomic mass is 28.3. The van der Waals surface area contributed by atoms with Gasteiger partial charge in [-0.3, -0.25) is 4.99 Å². The third-order valence-corrected chi connectivity index (χ3v) is 12.4. The van der Waals surface area contributed by atoms with Crippen molar-refractivity contribution in [2.75, 3.05) is 9.88 Å². The van der Waals surface area contributed by atoms with Gasteiger partial charge in [-0.1, -0.05) is 81.0 Å². The van der Waals surface area contributed by atoms with Gasteiger partial charge in [-0.2, -0.15) is 0 Å². The first-order chi connectivity index (χ1) is 16.6. The summed E-state index contributed by atoms with van der Waals surface area (Å²) < 4.78 is 2.74. The average molecular weight is 464 g/mol. The van der Waals surface area contributed by atoms with E-state index in [0.29, 0.717) is 23.4 Å². The molecule has 0 bridgehead atoms. The summed E-state index contributed by atoms with van der Waals surface area (Å²) in [6.45, 7) is 7.55. The molecule has 172 valence electrons. The SMILES string of the molecule is CC[C@@H]1C[C@@H]2C(c3ccccc3)=CC=N[C@@H]2C1[Si](C)(C)N1c2ccccc2Nc2ccccc21. The fraction of sp³-hybridized carbons (Fsp3) is 0.300. The molecular formula is C30H33N3Si. The minimum absolute atomic E-state index is 0.348. The lowest BCUT2D eigenvalue weighted by atomic mass is 9.86. The van der Waals surface area contributed by atoms with Crippen molar-refractivity contribution < 1.29 is 0 Å². The Kier molecular flexibility index (Phi) is 5.22. The topological polar surface area (TPSA) is 27.6 Å². The average Bonchev–Trinajstić information content (AvgIpc) is 3.27. The van der Waals surface area contributed by atoms with E-state index in [1.807, 2.05) is 0 Å².